The topological polar surface area (TPSA) is 32.6 Å². The summed E-state index contributed by atoms with van der Waals surface area (Å²) in [5, 5.41) is 10.5. The van der Waals surface area contributed by atoms with Crippen LogP contribution in [0, 0.1) is 11.6 Å². The van der Waals surface area contributed by atoms with E-state index in [1.165, 1.54) is 0 Å². The van der Waals surface area contributed by atoms with Gasteiger partial charge in [-0.15, -0.1) is 0 Å². The van der Waals surface area contributed by atoms with Crippen molar-refractivity contribution in [1.82, 2.24) is 0 Å². The third kappa shape index (κ3) is 2.16. The lowest BCUT2D eigenvalue weighted by Crippen LogP contribution is -1.95. The first-order valence-electron chi connectivity index (χ1n) is 3.08. The second-order valence-corrected chi connectivity index (χ2v) is 3.30. The van der Waals surface area contributed by atoms with E-state index in [9.17, 15) is 8.78 Å². The van der Waals surface area contributed by atoms with Crippen molar-refractivity contribution in [1.29, 1.82) is 0 Å². The number of hydrogen-bond acceptors (Lipinski definition) is 2. The first-order chi connectivity index (χ1) is 6.06. The minimum Gasteiger partial charge on any atom is -0.410 e. The summed E-state index contributed by atoms with van der Waals surface area (Å²) in [6, 6.07) is 1.91. The molecule has 13 heavy (non-hydrogen) atoms. The third-order valence-corrected chi connectivity index (χ3v) is 2.36. The molecule has 0 aliphatic heterocycles. The van der Waals surface area contributed by atoms with Gasteiger partial charge in [0.25, 0.3) is 0 Å². The van der Waals surface area contributed by atoms with Crippen molar-refractivity contribution in [2.75, 3.05) is 0 Å². The Bertz CT molecular complexity index is 347. The van der Waals surface area contributed by atoms with Crippen LogP contribution in [0.4, 0.5) is 8.78 Å². The van der Waals surface area contributed by atoms with Gasteiger partial charge in [0.2, 0.25) is 0 Å². The summed E-state index contributed by atoms with van der Waals surface area (Å²) >= 11 is 8.03. The molecule has 1 aromatic carbocycles. The average Bonchev–Trinajstić information content (AvgIpc) is 2.12. The first kappa shape index (κ1) is 10.4. The van der Waals surface area contributed by atoms with E-state index >= 15 is 0 Å². The van der Waals surface area contributed by atoms with E-state index in [1.54, 1.807) is 0 Å². The van der Waals surface area contributed by atoms with Crippen LogP contribution in [0.1, 0.15) is 5.56 Å². The third-order valence-electron chi connectivity index (χ3n) is 1.31. The molecule has 2 nitrogen and oxygen atoms in total. The van der Waals surface area contributed by atoms with Gasteiger partial charge in [0.1, 0.15) is 11.6 Å². The fraction of sp³-hybridized carbons (Fsp3) is 0. The Balaban J connectivity index is 3.29. The van der Waals surface area contributed by atoms with Gasteiger partial charge in [-0.05, 0) is 28.1 Å². The highest BCUT2D eigenvalue weighted by Gasteiger charge is 2.10. The molecule has 0 saturated heterocycles. The fourth-order valence-corrected chi connectivity index (χ4v) is 1.07. The predicted octanol–water partition coefficient (Wildman–Crippen LogP) is 3.10. The lowest BCUT2D eigenvalue weighted by atomic mass is 10.2. The quantitative estimate of drug-likeness (QED) is 0.362. The summed E-state index contributed by atoms with van der Waals surface area (Å²) < 4.78 is 25.4. The Morgan fingerprint density at radius 1 is 1.38 bits per heavy atom. The molecule has 1 rings (SSSR count). The summed E-state index contributed by atoms with van der Waals surface area (Å²) in [5.74, 6) is -1.62. The van der Waals surface area contributed by atoms with Crippen LogP contribution in [-0.2, 0) is 0 Å². The molecule has 0 radical (unpaired) electrons. The second kappa shape index (κ2) is 4.02. The van der Waals surface area contributed by atoms with Crippen LogP contribution >= 0.6 is 27.5 Å². The molecular weight excluding hydrogens is 267 g/mol. The normalized spacial score (nSPS) is 11.8. The molecule has 0 heterocycles. The van der Waals surface area contributed by atoms with Gasteiger partial charge in [-0.1, -0.05) is 16.8 Å². The molecule has 0 aliphatic rings. The molecule has 0 fully saturated rings. The number of nitrogens with zero attached hydrogens (tertiary/aromatic N) is 1. The van der Waals surface area contributed by atoms with E-state index in [2.05, 4.69) is 21.1 Å². The zero-order valence-electron chi connectivity index (χ0n) is 6.06. The summed E-state index contributed by atoms with van der Waals surface area (Å²) in [5.41, 5.74) is -0.0256. The fourth-order valence-electron chi connectivity index (χ4n) is 0.732. The van der Waals surface area contributed by atoms with Gasteiger partial charge in [-0.25, -0.2) is 8.78 Å². The van der Waals surface area contributed by atoms with Crippen molar-refractivity contribution >= 4 is 32.7 Å². The molecular formula is C7H3BrClF2NO. The number of halogens is 4. The Labute approximate surface area is 85.9 Å². The zero-order valence-corrected chi connectivity index (χ0v) is 8.40. The number of oxime groups is 1. The van der Waals surface area contributed by atoms with E-state index < -0.39 is 11.6 Å². The minimum atomic E-state index is -0.809. The second-order valence-electron chi connectivity index (χ2n) is 2.14. The van der Waals surface area contributed by atoms with E-state index in [-0.39, 0.29) is 15.2 Å². The number of benzene rings is 1. The maximum atomic E-state index is 12.9. The molecule has 70 valence electrons. The van der Waals surface area contributed by atoms with Crippen molar-refractivity contribution < 1.29 is 14.0 Å². The largest absolute Gasteiger partial charge is 0.410 e. The monoisotopic (exact) mass is 269 g/mol. The molecule has 0 unspecified atom stereocenters. The Morgan fingerprint density at radius 2 is 1.85 bits per heavy atom. The molecule has 0 amide bonds. The number of hydrogen-bond donors (Lipinski definition) is 1. The van der Waals surface area contributed by atoms with Crippen molar-refractivity contribution in [3.63, 3.8) is 0 Å². The molecule has 0 bridgehead atoms. The van der Waals surface area contributed by atoms with Crippen LogP contribution in [-0.4, -0.2) is 10.4 Å². The molecule has 1 aromatic rings. The average molecular weight is 270 g/mol. The van der Waals surface area contributed by atoms with Gasteiger partial charge in [0.15, 0.2) is 5.17 Å². The molecule has 0 spiro atoms. The smallest absolute Gasteiger partial charge is 0.175 e. The first-order valence-corrected chi connectivity index (χ1v) is 4.26. The Morgan fingerprint density at radius 3 is 2.23 bits per heavy atom. The molecule has 0 saturated carbocycles. The van der Waals surface area contributed by atoms with E-state index in [0.29, 0.717) is 0 Å². The SMILES string of the molecule is ON=C(Cl)c1cc(F)c(Br)c(F)c1. The number of rotatable bonds is 1. The summed E-state index contributed by atoms with van der Waals surface area (Å²) in [6.07, 6.45) is 0. The van der Waals surface area contributed by atoms with E-state index in [0.717, 1.165) is 12.1 Å². The maximum Gasteiger partial charge on any atom is 0.175 e. The van der Waals surface area contributed by atoms with Gasteiger partial charge in [-0.3, -0.25) is 0 Å². The van der Waals surface area contributed by atoms with Gasteiger partial charge < -0.3 is 5.21 Å². The highest BCUT2D eigenvalue weighted by Crippen LogP contribution is 2.22. The van der Waals surface area contributed by atoms with Crippen LogP contribution in [0.3, 0.4) is 0 Å². The van der Waals surface area contributed by atoms with Crippen LogP contribution in [0.25, 0.3) is 0 Å². The Hall–Kier alpha value is -0.680. The summed E-state index contributed by atoms with van der Waals surface area (Å²) in [4.78, 5) is 0. The van der Waals surface area contributed by atoms with Crippen molar-refractivity contribution in [2.24, 2.45) is 5.16 Å². The van der Waals surface area contributed by atoms with Crippen LogP contribution < -0.4 is 0 Å². The van der Waals surface area contributed by atoms with Crippen molar-refractivity contribution in [3.8, 4) is 0 Å². The minimum absolute atomic E-state index is 0.0256. The van der Waals surface area contributed by atoms with Gasteiger partial charge >= 0.3 is 0 Å². The standard InChI is InChI=1S/C7H3BrClF2NO/c8-6-4(10)1-3(2-5(6)11)7(9)12-13/h1-2,13H. The highest BCUT2D eigenvalue weighted by molar-refractivity contribution is 9.10. The zero-order chi connectivity index (χ0) is 10.0. The molecule has 0 aromatic heterocycles. The molecule has 1 N–H and O–H groups in total. The molecule has 6 heteroatoms. The van der Waals surface area contributed by atoms with Crippen LogP contribution in [0.5, 0.6) is 0 Å². The van der Waals surface area contributed by atoms with E-state index in [1.807, 2.05) is 0 Å². The lowest BCUT2D eigenvalue weighted by molar-refractivity contribution is 0.321. The van der Waals surface area contributed by atoms with Crippen molar-refractivity contribution in [2.45, 2.75) is 0 Å². The summed E-state index contributed by atoms with van der Waals surface area (Å²) in [6.45, 7) is 0. The van der Waals surface area contributed by atoms with Crippen LogP contribution in [0.2, 0.25) is 0 Å². The van der Waals surface area contributed by atoms with Gasteiger partial charge in [-0.2, -0.15) is 0 Å². The van der Waals surface area contributed by atoms with E-state index in [4.69, 9.17) is 16.8 Å². The lowest BCUT2D eigenvalue weighted by Gasteiger charge is -2.00. The van der Waals surface area contributed by atoms with Crippen molar-refractivity contribution in [3.05, 3.63) is 33.8 Å². The van der Waals surface area contributed by atoms with Crippen LogP contribution in [0.15, 0.2) is 21.8 Å². The summed E-state index contributed by atoms with van der Waals surface area (Å²) in [7, 11) is 0. The van der Waals surface area contributed by atoms with Gasteiger partial charge in [0, 0.05) is 5.56 Å². The Kier molecular flexibility index (Phi) is 3.22. The molecule has 0 aliphatic carbocycles. The van der Waals surface area contributed by atoms with Gasteiger partial charge in [0.05, 0.1) is 4.47 Å². The molecule has 0 atom stereocenters. The highest BCUT2D eigenvalue weighted by atomic mass is 79.9. The predicted molar refractivity (Wildman–Crippen MR) is 48.2 cm³/mol. The maximum absolute atomic E-state index is 12.9.